The van der Waals surface area contributed by atoms with E-state index in [4.69, 9.17) is 11.5 Å². The first-order valence-corrected chi connectivity index (χ1v) is 6.75. The minimum atomic E-state index is 0. The largest absolute Gasteiger partial charge is 0.328 e. The highest BCUT2D eigenvalue weighted by atomic mass is 35.5. The molecule has 0 saturated heterocycles. The lowest BCUT2D eigenvalue weighted by Gasteiger charge is -2.32. The number of hydrogen-bond donors (Lipinski definition) is 2. The van der Waals surface area contributed by atoms with Crippen LogP contribution in [0.25, 0.3) is 0 Å². The summed E-state index contributed by atoms with van der Waals surface area (Å²) in [6.45, 7) is 0. The van der Waals surface area contributed by atoms with Crippen molar-refractivity contribution in [3.05, 3.63) is 0 Å². The molecule has 0 unspecified atom stereocenters. The summed E-state index contributed by atoms with van der Waals surface area (Å²) in [4.78, 5) is 0. The Kier molecular flexibility index (Phi) is 8.83. The van der Waals surface area contributed by atoms with Crippen molar-refractivity contribution in [1.82, 2.24) is 0 Å². The fraction of sp³-hybridized carbons (Fsp3) is 1.00. The maximum Gasteiger partial charge on any atom is 0.00390 e. The summed E-state index contributed by atoms with van der Waals surface area (Å²) in [5, 5.41) is 0. The molecule has 2 aliphatic carbocycles. The smallest absolute Gasteiger partial charge is 0.00390 e. The molecular weight excluding hydrogens is 255 g/mol. The zero-order chi connectivity index (χ0) is 10.7. The van der Waals surface area contributed by atoms with Crippen molar-refractivity contribution >= 4 is 24.8 Å². The van der Waals surface area contributed by atoms with Crippen molar-refractivity contribution in [3.63, 3.8) is 0 Å². The molecule has 4 heteroatoms. The van der Waals surface area contributed by atoms with Gasteiger partial charge in [-0.05, 0) is 69.6 Å². The van der Waals surface area contributed by atoms with E-state index in [0.29, 0.717) is 12.1 Å². The van der Waals surface area contributed by atoms with Crippen LogP contribution in [0.4, 0.5) is 0 Å². The maximum atomic E-state index is 5.93. The third kappa shape index (κ3) is 5.78. The van der Waals surface area contributed by atoms with Gasteiger partial charge >= 0.3 is 0 Å². The molecule has 17 heavy (non-hydrogen) atoms. The van der Waals surface area contributed by atoms with E-state index in [9.17, 15) is 0 Å². The van der Waals surface area contributed by atoms with Crippen LogP contribution in [0.3, 0.4) is 0 Å². The second-order valence-corrected chi connectivity index (χ2v) is 5.80. The third-order valence-corrected chi connectivity index (χ3v) is 4.45. The third-order valence-electron chi connectivity index (χ3n) is 4.45. The van der Waals surface area contributed by atoms with E-state index in [1.54, 1.807) is 0 Å². The highest BCUT2D eigenvalue weighted by Gasteiger charge is 2.24. The standard InChI is InChI=1S/C13H26N2.2ClH/c14-12-5-1-10(2-6-12)9-11-3-7-13(15)8-4-11;;/h10-13H,1-9,14-15H2;2*1H. The maximum absolute atomic E-state index is 5.93. The van der Waals surface area contributed by atoms with Crippen molar-refractivity contribution in [2.24, 2.45) is 23.3 Å². The molecule has 2 aliphatic rings. The zero-order valence-electron chi connectivity index (χ0n) is 10.6. The molecule has 0 heterocycles. The minimum Gasteiger partial charge on any atom is -0.328 e. The second-order valence-electron chi connectivity index (χ2n) is 5.80. The fourth-order valence-electron chi connectivity index (χ4n) is 3.32. The Morgan fingerprint density at radius 1 is 0.588 bits per heavy atom. The monoisotopic (exact) mass is 282 g/mol. The Balaban J connectivity index is 0.00000128. The molecule has 2 rings (SSSR count). The summed E-state index contributed by atoms with van der Waals surface area (Å²) < 4.78 is 0. The van der Waals surface area contributed by atoms with Gasteiger partial charge in [0.05, 0.1) is 0 Å². The van der Waals surface area contributed by atoms with Crippen molar-refractivity contribution in [1.29, 1.82) is 0 Å². The number of halogens is 2. The molecule has 2 fully saturated rings. The van der Waals surface area contributed by atoms with E-state index in [1.165, 1.54) is 57.8 Å². The van der Waals surface area contributed by atoms with Gasteiger partial charge in [-0.2, -0.15) is 0 Å². The van der Waals surface area contributed by atoms with Crippen LogP contribution in [-0.2, 0) is 0 Å². The predicted molar refractivity (Wildman–Crippen MR) is 79.0 cm³/mol. The van der Waals surface area contributed by atoms with Crippen LogP contribution >= 0.6 is 24.8 Å². The van der Waals surface area contributed by atoms with Gasteiger partial charge in [-0.15, -0.1) is 24.8 Å². The Morgan fingerprint density at radius 3 is 1.18 bits per heavy atom. The average molecular weight is 283 g/mol. The van der Waals surface area contributed by atoms with Gasteiger partial charge in [-0.1, -0.05) is 0 Å². The summed E-state index contributed by atoms with van der Waals surface area (Å²) >= 11 is 0. The summed E-state index contributed by atoms with van der Waals surface area (Å²) in [7, 11) is 0. The van der Waals surface area contributed by atoms with E-state index < -0.39 is 0 Å². The molecular formula is C13H28Cl2N2. The first-order valence-electron chi connectivity index (χ1n) is 6.75. The summed E-state index contributed by atoms with van der Waals surface area (Å²) in [5.41, 5.74) is 11.9. The summed E-state index contributed by atoms with van der Waals surface area (Å²) in [5.74, 6) is 1.95. The molecule has 0 amide bonds. The van der Waals surface area contributed by atoms with Gasteiger partial charge in [0.1, 0.15) is 0 Å². The van der Waals surface area contributed by atoms with Gasteiger partial charge in [0, 0.05) is 12.1 Å². The van der Waals surface area contributed by atoms with E-state index >= 15 is 0 Å². The first-order chi connectivity index (χ1) is 7.24. The number of rotatable bonds is 2. The van der Waals surface area contributed by atoms with Crippen LogP contribution in [0.5, 0.6) is 0 Å². The summed E-state index contributed by atoms with van der Waals surface area (Å²) in [6.07, 6.45) is 12.0. The van der Waals surface area contributed by atoms with Crippen LogP contribution in [-0.4, -0.2) is 12.1 Å². The topological polar surface area (TPSA) is 52.0 Å². The molecule has 2 nitrogen and oxygen atoms in total. The normalized spacial score (nSPS) is 37.8. The molecule has 0 radical (unpaired) electrons. The van der Waals surface area contributed by atoms with Crippen molar-refractivity contribution in [2.45, 2.75) is 69.9 Å². The molecule has 0 aromatic heterocycles. The molecule has 0 bridgehead atoms. The average Bonchev–Trinajstić information content (AvgIpc) is 2.25. The first kappa shape index (κ1) is 17.5. The lowest BCUT2D eigenvalue weighted by molar-refractivity contribution is 0.225. The van der Waals surface area contributed by atoms with Crippen LogP contribution in [0.2, 0.25) is 0 Å². The van der Waals surface area contributed by atoms with E-state index in [1.807, 2.05) is 0 Å². The van der Waals surface area contributed by atoms with Gasteiger partial charge in [-0.3, -0.25) is 0 Å². The quantitative estimate of drug-likeness (QED) is 0.817. The number of hydrogen-bond acceptors (Lipinski definition) is 2. The van der Waals surface area contributed by atoms with E-state index in [2.05, 4.69) is 0 Å². The molecule has 4 N–H and O–H groups in total. The molecule has 2 saturated carbocycles. The second kappa shape index (κ2) is 8.58. The predicted octanol–water partition coefficient (Wildman–Crippen LogP) is 3.26. The molecule has 0 aromatic carbocycles. The van der Waals surface area contributed by atoms with Gasteiger partial charge in [0.15, 0.2) is 0 Å². The minimum absolute atomic E-state index is 0. The number of nitrogens with two attached hydrogens (primary N) is 2. The van der Waals surface area contributed by atoms with Gasteiger partial charge in [-0.25, -0.2) is 0 Å². The highest BCUT2D eigenvalue weighted by molar-refractivity contribution is 5.85. The van der Waals surface area contributed by atoms with Crippen LogP contribution < -0.4 is 11.5 Å². The molecule has 104 valence electrons. The van der Waals surface area contributed by atoms with Gasteiger partial charge in [0.2, 0.25) is 0 Å². The molecule has 0 aromatic rings. The fourth-order valence-corrected chi connectivity index (χ4v) is 3.32. The van der Waals surface area contributed by atoms with Crippen molar-refractivity contribution in [2.75, 3.05) is 0 Å². The lowest BCUT2D eigenvalue weighted by atomic mass is 9.76. The van der Waals surface area contributed by atoms with Gasteiger partial charge < -0.3 is 11.5 Å². The Labute approximate surface area is 118 Å². The Hall–Kier alpha value is 0.500. The molecule has 0 spiro atoms. The molecule has 0 aliphatic heterocycles. The molecule has 0 atom stereocenters. The Morgan fingerprint density at radius 2 is 0.882 bits per heavy atom. The zero-order valence-corrected chi connectivity index (χ0v) is 12.3. The van der Waals surface area contributed by atoms with Crippen LogP contribution in [0.1, 0.15) is 57.8 Å². The van der Waals surface area contributed by atoms with Crippen molar-refractivity contribution < 1.29 is 0 Å². The van der Waals surface area contributed by atoms with E-state index in [0.717, 1.165) is 11.8 Å². The highest BCUT2D eigenvalue weighted by Crippen LogP contribution is 2.34. The summed E-state index contributed by atoms with van der Waals surface area (Å²) in [6, 6.07) is 1.00. The van der Waals surface area contributed by atoms with Crippen LogP contribution in [0.15, 0.2) is 0 Å². The van der Waals surface area contributed by atoms with Gasteiger partial charge in [0.25, 0.3) is 0 Å². The van der Waals surface area contributed by atoms with Crippen molar-refractivity contribution in [3.8, 4) is 0 Å². The SMILES string of the molecule is Cl.Cl.NC1CCC(CC2CCC(N)CC2)CC1. The Bertz CT molecular complexity index is 166. The van der Waals surface area contributed by atoms with Crippen LogP contribution in [0, 0.1) is 11.8 Å². The van der Waals surface area contributed by atoms with E-state index in [-0.39, 0.29) is 24.8 Å². The lowest BCUT2D eigenvalue weighted by Crippen LogP contribution is -2.30.